The number of carboxylic acids is 1. The summed E-state index contributed by atoms with van der Waals surface area (Å²) in [5, 5.41) is 8.85. The Kier molecular flexibility index (Phi) is 4.52. The summed E-state index contributed by atoms with van der Waals surface area (Å²) in [6.07, 6.45) is 4.32. The van der Waals surface area contributed by atoms with E-state index in [1.807, 2.05) is 0 Å². The Bertz CT molecular complexity index is 280. The van der Waals surface area contributed by atoms with Crippen molar-refractivity contribution < 1.29 is 14.7 Å². The predicted octanol–water partition coefficient (Wildman–Crippen LogP) is 1.52. The molecule has 0 bridgehead atoms. The minimum atomic E-state index is -0.731. The van der Waals surface area contributed by atoms with Crippen LogP contribution < -0.4 is 0 Å². The van der Waals surface area contributed by atoms with Gasteiger partial charge in [-0.1, -0.05) is 6.08 Å². The van der Waals surface area contributed by atoms with E-state index in [4.69, 9.17) is 5.11 Å². The van der Waals surface area contributed by atoms with Crippen molar-refractivity contribution in [2.75, 3.05) is 13.6 Å². The smallest absolute Gasteiger partial charge is 0.306 e. The molecule has 1 rings (SSSR count). The van der Waals surface area contributed by atoms with Crippen molar-refractivity contribution in [1.82, 2.24) is 4.90 Å². The fourth-order valence-electron chi connectivity index (χ4n) is 2.18. The SMILES string of the molecule is C=CCN(C)C(=O)C1CCC(C(=O)O)CC1. The maximum absolute atomic E-state index is 11.9. The number of carbonyl (C=O) groups is 2. The van der Waals surface area contributed by atoms with Crippen LogP contribution in [0.25, 0.3) is 0 Å². The molecule has 0 heterocycles. The summed E-state index contributed by atoms with van der Waals surface area (Å²) in [6, 6.07) is 0. The molecule has 1 aliphatic rings. The molecule has 16 heavy (non-hydrogen) atoms. The van der Waals surface area contributed by atoms with Gasteiger partial charge in [-0.05, 0) is 25.7 Å². The molecule has 1 N–H and O–H groups in total. The van der Waals surface area contributed by atoms with E-state index >= 15 is 0 Å². The lowest BCUT2D eigenvalue weighted by Crippen LogP contribution is -2.35. The molecule has 0 aromatic carbocycles. The van der Waals surface area contributed by atoms with E-state index in [1.165, 1.54) is 0 Å². The molecule has 1 fully saturated rings. The van der Waals surface area contributed by atoms with Crippen LogP contribution in [-0.4, -0.2) is 35.5 Å². The lowest BCUT2D eigenvalue weighted by molar-refractivity contribution is -0.145. The van der Waals surface area contributed by atoms with E-state index in [0.717, 1.165) is 0 Å². The van der Waals surface area contributed by atoms with Crippen molar-refractivity contribution in [1.29, 1.82) is 0 Å². The Labute approximate surface area is 95.9 Å². The van der Waals surface area contributed by atoms with Gasteiger partial charge in [0, 0.05) is 19.5 Å². The quantitative estimate of drug-likeness (QED) is 0.738. The minimum Gasteiger partial charge on any atom is -0.481 e. The first-order chi connectivity index (χ1) is 7.56. The van der Waals surface area contributed by atoms with E-state index in [9.17, 15) is 9.59 Å². The summed E-state index contributed by atoms with van der Waals surface area (Å²) >= 11 is 0. The number of carboxylic acid groups (broad SMARTS) is 1. The number of aliphatic carboxylic acids is 1. The lowest BCUT2D eigenvalue weighted by atomic mass is 9.81. The molecule has 4 nitrogen and oxygen atoms in total. The molecule has 1 aliphatic carbocycles. The Morgan fingerprint density at radius 1 is 1.31 bits per heavy atom. The molecule has 0 saturated heterocycles. The maximum atomic E-state index is 11.9. The zero-order valence-corrected chi connectivity index (χ0v) is 9.69. The van der Waals surface area contributed by atoms with Gasteiger partial charge in [-0.25, -0.2) is 0 Å². The van der Waals surface area contributed by atoms with Crippen molar-refractivity contribution in [3.63, 3.8) is 0 Å². The van der Waals surface area contributed by atoms with Gasteiger partial charge in [0.15, 0.2) is 0 Å². The van der Waals surface area contributed by atoms with Gasteiger partial charge >= 0.3 is 5.97 Å². The number of amides is 1. The fraction of sp³-hybridized carbons (Fsp3) is 0.667. The zero-order valence-electron chi connectivity index (χ0n) is 9.69. The van der Waals surface area contributed by atoms with Crippen LogP contribution in [0.3, 0.4) is 0 Å². The van der Waals surface area contributed by atoms with Crippen molar-refractivity contribution >= 4 is 11.9 Å². The average molecular weight is 225 g/mol. The topological polar surface area (TPSA) is 57.6 Å². The van der Waals surface area contributed by atoms with Gasteiger partial charge in [0.05, 0.1) is 5.92 Å². The van der Waals surface area contributed by atoms with Crippen LogP contribution in [0.2, 0.25) is 0 Å². The summed E-state index contributed by atoms with van der Waals surface area (Å²) in [6.45, 7) is 4.15. The highest BCUT2D eigenvalue weighted by molar-refractivity contribution is 5.79. The van der Waals surface area contributed by atoms with Crippen LogP contribution >= 0.6 is 0 Å². The van der Waals surface area contributed by atoms with Crippen molar-refractivity contribution in [3.05, 3.63) is 12.7 Å². The second-order valence-corrected chi connectivity index (χ2v) is 4.39. The summed E-state index contributed by atoms with van der Waals surface area (Å²) in [5.74, 6) is -0.872. The number of rotatable bonds is 4. The molecule has 0 aliphatic heterocycles. The normalized spacial score (nSPS) is 24.8. The second-order valence-electron chi connectivity index (χ2n) is 4.39. The highest BCUT2D eigenvalue weighted by atomic mass is 16.4. The third-order valence-electron chi connectivity index (χ3n) is 3.20. The molecule has 90 valence electrons. The van der Waals surface area contributed by atoms with Crippen LogP contribution in [0, 0.1) is 11.8 Å². The first kappa shape index (κ1) is 12.7. The standard InChI is InChI=1S/C12H19NO3/c1-3-8-13(2)11(14)9-4-6-10(7-5-9)12(15)16/h3,9-10H,1,4-8H2,2H3,(H,15,16). The van der Waals surface area contributed by atoms with Gasteiger partial charge in [-0.2, -0.15) is 0 Å². The predicted molar refractivity (Wildman–Crippen MR) is 60.9 cm³/mol. The Morgan fingerprint density at radius 3 is 2.25 bits per heavy atom. The van der Waals surface area contributed by atoms with Gasteiger partial charge in [0.25, 0.3) is 0 Å². The second kappa shape index (κ2) is 5.68. The zero-order chi connectivity index (χ0) is 12.1. The first-order valence-electron chi connectivity index (χ1n) is 5.65. The number of likely N-dealkylation sites (N-methyl/N-ethyl adjacent to an activating group) is 1. The monoisotopic (exact) mass is 225 g/mol. The minimum absolute atomic E-state index is 0.000509. The molecule has 0 atom stereocenters. The van der Waals surface area contributed by atoms with Crippen LogP contribution in [0.5, 0.6) is 0 Å². The summed E-state index contributed by atoms with van der Waals surface area (Å²) in [4.78, 5) is 24.3. The molecule has 0 aromatic rings. The van der Waals surface area contributed by atoms with Crippen LogP contribution in [0.4, 0.5) is 0 Å². The number of hydrogen-bond donors (Lipinski definition) is 1. The Hall–Kier alpha value is -1.32. The van der Waals surface area contributed by atoms with Crippen LogP contribution in [-0.2, 0) is 9.59 Å². The van der Waals surface area contributed by atoms with Crippen molar-refractivity contribution in [3.8, 4) is 0 Å². The van der Waals surface area contributed by atoms with Gasteiger partial charge in [-0.15, -0.1) is 6.58 Å². The van der Waals surface area contributed by atoms with Gasteiger partial charge in [0.1, 0.15) is 0 Å². The van der Waals surface area contributed by atoms with Gasteiger partial charge in [-0.3, -0.25) is 9.59 Å². The molecule has 1 saturated carbocycles. The number of carbonyl (C=O) groups excluding carboxylic acids is 1. The Morgan fingerprint density at radius 2 is 1.81 bits per heavy atom. The third-order valence-corrected chi connectivity index (χ3v) is 3.20. The van der Waals surface area contributed by atoms with E-state index in [0.29, 0.717) is 32.2 Å². The largest absolute Gasteiger partial charge is 0.481 e. The summed E-state index contributed by atoms with van der Waals surface area (Å²) in [7, 11) is 1.76. The summed E-state index contributed by atoms with van der Waals surface area (Å²) < 4.78 is 0. The molecule has 1 amide bonds. The van der Waals surface area contributed by atoms with Crippen LogP contribution in [0.1, 0.15) is 25.7 Å². The molecule has 0 radical (unpaired) electrons. The number of hydrogen-bond acceptors (Lipinski definition) is 2. The fourth-order valence-corrected chi connectivity index (χ4v) is 2.18. The first-order valence-corrected chi connectivity index (χ1v) is 5.65. The molecular weight excluding hydrogens is 206 g/mol. The third kappa shape index (κ3) is 3.08. The van der Waals surface area contributed by atoms with Crippen molar-refractivity contribution in [2.45, 2.75) is 25.7 Å². The molecular formula is C12H19NO3. The van der Waals surface area contributed by atoms with Gasteiger partial charge < -0.3 is 10.0 Å². The van der Waals surface area contributed by atoms with Crippen molar-refractivity contribution in [2.24, 2.45) is 11.8 Å². The maximum Gasteiger partial charge on any atom is 0.306 e. The van der Waals surface area contributed by atoms with E-state index in [-0.39, 0.29) is 17.7 Å². The number of nitrogens with zero attached hydrogens (tertiary/aromatic N) is 1. The molecule has 4 heteroatoms. The average Bonchev–Trinajstić information content (AvgIpc) is 2.28. The highest BCUT2D eigenvalue weighted by Gasteiger charge is 2.30. The van der Waals surface area contributed by atoms with E-state index < -0.39 is 5.97 Å². The Balaban J connectivity index is 2.44. The van der Waals surface area contributed by atoms with E-state index in [2.05, 4.69) is 6.58 Å². The summed E-state index contributed by atoms with van der Waals surface area (Å²) in [5.41, 5.74) is 0. The van der Waals surface area contributed by atoms with E-state index in [1.54, 1.807) is 18.0 Å². The lowest BCUT2D eigenvalue weighted by Gasteiger charge is -2.28. The highest BCUT2D eigenvalue weighted by Crippen LogP contribution is 2.29. The molecule has 0 unspecified atom stereocenters. The van der Waals surface area contributed by atoms with Gasteiger partial charge in [0.2, 0.25) is 5.91 Å². The van der Waals surface area contributed by atoms with Crippen LogP contribution in [0.15, 0.2) is 12.7 Å². The molecule has 0 spiro atoms. The molecule has 0 aromatic heterocycles.